The van der Waals surface area contributed by atoms with Crippen LogP contribution in [0.1, 0.15) is 60.5 Å². The normalized spacial score (nSPS) is 16.6. The molecule has 6 rings (SSSR count). The third-order valence-electron chi connectivity index (χ3n) is 6.32. The van der Waals surface area contributed by atoms with Gasteiger partial charge >= 0.3 is 6.18 Å². The van der Waals surface area contributed by atoms with Crippen LogP contribution in [0.25, 0.3) is 22.4 Å². The van der Waals surface area contributed by atoms with Crippen LogP contribution in [0.15, 0.2) is 36.8 Å². The maximum Gasteiger partial charge on any atom is 0.433 e. The number of hydrogen-bond donors (Lipinski definition) is 0. The summed E-state index contributed by atoms with van der Waals surface area (Å²) in [6.45, 7) is 4.92. The highest BCUT2D eigenvalue weighted by Crippen LogP contribution is 2.34. The van der Waals surface area contributed by atoms with E-state index in [9.17, 15) is 13.2 Å². The van der Waals surface area contributed by atoms with Crippen LogP contribution >= 0.6 is 0 Å². The Kier molecular flexibility index (Phi) is 6.65. The summed E-state index contributed by atoms with van der Waals surface area (Å²) in [6.07, 6.45) is 4.75. The topological polar surface area (TPSA) is 91.5 Å². The number of alkyl halides is 3. The Hall–Kier alpha value is -3.47. The minimum absolute atomic E-state index is 0.114. The number of rotatable bonds is 3. The van der Waals surface area contributed by atoms with E-state index in [2.05, 4.69) is 30.0 Å². The number of aromatic nitrogens is 7. The molecule has 0 spiro atoms. The number of halogens is 3. The second-order valence-corrected chi connectivity index (χ2v) is 9.03. The highest BCUT2D eigenvalue weighted by atomic mass is 19.4. The average Bonchev–Trinajstić information content (AvgIpc) is 3.58. The van der Waals surface area contributed by atoms with E-state index in [1.165, 1.54) is 25.1 Å². The predicted octanol–water partition coefficient (Wildman–Crippen LogP) is 5.23. The van der Waals surface area contributed by atoms with Crippen molar-refractivity contribution in [3.8, 4) is 11.3 Å². The SMILES string of the molecule is Cc1nc2nc(C3CCOCC3)nc(-c3ccc(C(F)(F)F)nc3)c2nc1C.c1cnn(C2CC2)c1. The van der Waals surface area contributed by atoms with Crippen LogP contribution in [0.3, 0.4) is 0 Å². The summed E-state index contributed by atoms with van der Waals surface area (Å²) in [7, 11) is 0. The van der Waals surface area contributed by atoms with E-state index in [-0.39, 0.29) is 5.92 Å². The first kappa shape index (κ1) is 24.2. The van der Waals surface area contributed by atoms with Gasteiger partial charge in [0.1, 0.15) is 22.7 Å². The second-order valence-electron chi connectivity index (χ2n) is 9.03. The molecule has 2 fully saturated rings. The summed E-state index contributed by atoms with van der Waals surface area (Å²) >= 11 is 0. The highest BCUT2D eigenvalue weighted by molar-refractivity contribution is 5.86. The molecule has 4 aromatic heterocycles. The lowest BCUT2D eigenvalue weighted by Crippen LogP contribution is -2.17. The zero-order chi connectivity index (χ0) is 25.3. The summed E-state index contributed by atoms with van der Waals surface area (Å²) < 4.78 is 46.0. The maximum atomic E-state index is 12.9. The van der Waals surface area contributed by atoms with Crippen LogP contribution in [-0.4, -0.2) is 47.9 Å². The Bertz CT molecular complexity index is 1330. The molecule has 0 atom stereocenters. The van der Waals surface area contributed by atoms with Gasteiger partial charge in [-0.25, -0.2) is 19.9 Å². The van der Waals surface area contributed by atoms with E-state index in [0.717, 1.165) is 36.3 Å². The van der Waals surface area contributed by atoms with Crippen molar-refractivity contribution in [3.05, 3.63) is 59.7 Å². The van der Waals surface area contributed by atoms with Crippen molar-refractivity contribution < 1.29 is 17.9 Å². The monoisotopic (exact) mass is 497 g/mol. The Morgan fingerprint density at radius 1 is 0.944 bits per heavy atom. The van der Waals surface area contributed by atoms with Crippen LogP contribution in [0, 0.1) is 13.8 Å². The molecular weight excluding hydrogens is 471 g/mol. The quantitative estimate of drug-likeness (QED) is 0.383. The van der Waals surface area contributed by atoms with E-state index in [1.807, 2.05) is 37.0 Å². The lowest BCUT2D eigenvalue weighted by molar-refractivity contribution is -0.141. The molecule has 0 N–H and O–H groups in total. The molecule has 0 radical (unpaired) electrons. The van der Waals surface area contributed by atoms with Gasteiger partial charge in [-0.05, 0) is 57.7 Å². The van der Waals surface area contributed by atoms with Crippen molar-refractivity contribution in [2.75, 3.05) is 13.2 Å². The van der Waals surface area contributed by atoms with E-state index in [0.29, 0.717) is 41.5 Å². The zero-order valence-electron chi connectivity index (χ0n) is 20.0. The number of ether oxygens (including phenoxy) is 1. The molecule has 5 heterocycles. The third-order valence-corrected chi connectivity index (χ3v) is 6.32. The van der Waals surface area contributed by atoms with Gasteiger partial charge in [0.2, 0.25) is 0 Å². The maximum absolute atomic E-state index is 12.9. The summed E-state index contributed by atoms with van der Waals surface area (Å²) in [5, 5.41) is 4.09. The van der Waals surface area contributed by atoms with Crippen LogP contribution in [0.5, 0.6) is 0 Å². The van der Waals surface area contributed by atoms with Crippen molar-refractivity contribution in [1.29, 1.82) is 0 Å². The number of aryl methyl sites for hydroxylation is 2. The number of pyridine rings is 1. The molecule has 188 valence electrons. The first-order valence-corrected chi connectivity index (χ1v) is 11.9. The van der Waals surface area contributed by atoms with E-state index in [1.54, 1.807) is 0 Å². The summed E-state index contributed by atoms with van der Waals surface area (Å²) in [5.41, 5.74) is 2.32. The average molecular weight is 498 g/mol. The molecular formula is C25H26F3N7O. The molecule has 1 aliphatic heterocycles. The van der Waals surface area contributed by atoms with Crippen LogP contribution in [-0.2, 0) is 10.9 Å². The van der Waals surface area contributed by atoms with E-state index in [4.69, 9.17) is 4.74 Å². The number of fused-ring (bicyclic) bond motifs is 1. The third kappa shape index (κ3) is 5.35. The summed E-state index contributed by atoms with van der Waals surface area (Å²) in [6, 6.07) is 5.02. The molecule has 0 aromatic carbocycles. The van der Waals surface area contributed by atoms with Crippen molar-refractivity contribution >= 4 is 11.2 Å². The number of nitrogens with zero attached hydrogens (tertiary/aromatic N) is 7. The first-order valence-electron chi connectivity index (χ1n) is 11.9. The van der Waals surface area contributed by atoms with Crippen LogP contribution < -0.4 is 0 Å². The fraction of sp³-hybridized carbons (Fsp3) is 0.440. The minimum Gasteiger partial charge on any atom is -0.381 e. The van der Waals surface area contributed by atoms with Gasteiger partial charge in [0.25, 0.3) is 0 Å². The molecule has 0 bridgehead atoms. The molecule has 36 heavy (non-hydrogen) atoms. The largest absolute Gasteiger partial charge is 0.433 e. The van der Waals surface area contributed by atoms with Gasteiger partial charge in [0.15, 0.2) is 5.65 Å². The molecule has 0 unspecified atom stereocenters. The Labute approximate surface area is 206 Å². The standard InChI is InChI=1S/C19H18F3N5O.C6H8N2/c1-10-11(2)25-18-16(24-10)15(13-3-4-14(23-9-13)19(20,21)22)26-17(27-18)12-5-7-28-8-6-12;1-4-7-8(5-1)6-2-3-6/h3-4,9,12H,5-8H2,1-2H3;1,4-6H,2-3H2. The second kappa shape index (κ2) is 9.88. The first-order chi connectivity index (χ1) is 17.3. The molecule has 4 aromatic rings. The van der Waals surface area contributed by atoms with Gasteiger partial charge < -0.3 is 4.74 Å². The van der Waals surface area contributed by atoms with Gasteiger partial charge in [-0.3, -0.25) is 9.67 Å². The van der Waals surface area contributed by atoms with Crippen molar-refractivity contribution in [1.82, 2.24) is 34.7 Å². The van der Waals surface area contributed by atoms with Crippen molar-refractivity contribution in [2.45, 2.75) is 57.7 Å². The smallest absolute Gasteiger partial charge is 0.381 e. The van der Waals surface area contributed by atoms with E-state index < -0.39 is 11.9 Å². The predicted molar refractivity (Wildman–Crippen MR) is 126 cm³/mol. The zero-order valence-corrected chi connectivity index (χ0v) is 20.0. The summed E-state index contributed by atoms with van der Waals surface area (Å²) in [5.74, 6) is 0.728. The van der Waals surface area contributed by atoms with Gasteiger partial charge in [-0.2, -0.15) is 18.3 Å². The van der Waals surface area contributed by atoms with Gasteiger partial charge in [0.05, 0.1) is 17.4 Å². The molecule has 1 saturated heterocycles. The van der Waals surface area contributed by atoms with Crippen molar-refractivity contribution in [3.63, 3.8) is 0 Å². The molecule has 0 amide bonds. The molecule has 11 heteroatoms. The lowest BCUT2D eigenvalue weighted by Gasteiger charge is -2.21. The van der Waals surface area contributed by atoms with Gasteiger partial charge in [0, 0.05) is 43.3 Å². The minimum atomic E-state index is -4.49. The lowest BCUT2D eigenvalue weighted by atomic mass is 9.99. The fourth-order valence-electron chi connectivity index (χ4n) is 4.01. The Morgan fingerprint density at radius 3 is 2.31 bits per heavy atom. The number of hydrogen-bond acceptors (Lipinski definition) is 7. The molecule has 1 aliphatic carbocycles. The van der Waals surface area contributed by atoms with Gasteiger partial charge in [-0.1, -0.05) is 0 Å². The van der Waals surface area contributed by atoms with Crippen LogP contribution in [0.2, 0.25) is 0 Å². The molecule has 2 aliphatic rings. The summed E-state index contributed by atoms with van der Waals surface area (Å²) in [4.78, 5) is 21.9. The highest BCUT2D eigenvalue weighted by Gasteiger charge is 2.32. The Morgan fingerprint density at radius 2 is 1.69 bits per heavy atom. The van der Waals surface area contributed by atoms with E-state index >= 15 is 0 Å². The molecule has 8 nitrogen and oxygen atoms in total. The molecule has 1 saturated carbocycles. The fourth-order valence-corrected chi connectivity index (χ4v) is 4.01. The van der Waals surface area contributed by atoms with Crippen molar-refractivity contribution in [2.24, 2.45) is 0 Å². The van der Waals surface area contributed by atoms with Gasteiger partial charge in [-0.15, -0.1) is 0 Å². The Balaban J connectivity index is 0.000000280. The van der Waals surface area contributed by atoms with Crippen LogP contribution in [0.4, 0.5) is 13.2 Å².